The van der Waals surface area contributed by atoms with Crippen molar-refractivity contribution in [3.63, 3.8) is 0 Å². The number of hydrogen-bond acceptors (Lipinski definition) is 2. The molecule has 0 saturated heterocycles. The fourth-order valence-corrected chi connectivity index (χ4v) is 1.36. The highest BCUT2D eigenvalue weighted by molar-refractivity contribution is 5.89. The van der Waals surface area contributed by atoms with Gasteiger partial charge in [-0.3, -0.25) is 0 Å². The molecule has 0 saturated carbocycles. The van der Waals surface area contributed by atoms with Crippen LogP contribution in [0.25, 0.3) is 0 Å². The van der Waals surface area contributed by atoms with Gasteiger partial charge in [-0.15, -0.1) is 0 Å². The van der Waals surface area contributed by atoms with E-state index in [4.69, 9.17) is 4.74 Å². The molecule has 0 spiro atoms. The summed E-state index contributed by atoms with van der Waals surface area (Å²) in [7, 11) is 0. The third-order valence-corrected chi connectivity index (χ3v) is 2.44. The minimum atomic E-state index is -4.40. The number of allylic oxidation sites excluding steroid dienone is 1. The molecule has 1 aromatic carbocycles. The summed E-state index contributed by atoms with van der Waals surface area (Å²) in [6.45, 7) is 2.04. The van der Waals surface area contributed by atoms with Crippen LogP contribution in [0, 0.1) is 0 Å². The largest absolute Gasteiger partial charge is 0.431 e. The summed E-state index contributed by atoms with van der Waals surface area (Å²) >= 11 is 0. The highest BCUT2D eigenvalue weighted by Gasteiger charge is 2.30. The van der Waals surface area contributed by atoms with Crippen molar-refractivity contribution in [3.8, 4) is 0 Å². The molecule has 5 heteroatoms. The standard InChI is InChI=1S/C14H15F3O2/c1-2-3-4-5-10-19-13(18)11-6-8-12(9-7-11)14(15,16)17/h5-10H,2-4H2,1H3/b10-5-. The Kier molecular flexibility index (Phi) is 5.60. The van der Waals surface area contributed by atoms with Crippen molar-refractivity contribution in [1.29, 1.82) is 0 Å². The Morgan fingerprint density at radius 2 is 1.89 bits per heavy atom. The van der Waals surface area contributed by atoms with Crippen LogP contribution in [0.2, 0.25) is 0 Å². The van der Waals surface area contributed by atoms with Gasteiger partial charge in [0, 0.05) is 0 Å². The molecule has 0 atom stereocenters. The highest BCUT2D eigenvalue weighted by Crippen LogP contribution is 2.29. The predicted molar refractivity (Wildman–Crippen MR) is 65.5 cm³/mol. The molecule has 0 aliphatic carbocycles. The van der Waals surface area contributed by atoms with E-state index in [-0.39, 0.29) is 5.56 Å². The van der Waals surface area contributed by atoms with Gasteiger partial charge in [0.2, 0.25) is 0 Å². The Morgan fingerprint density at radius 1 is 1.26 bits per heavy atom. The quantitative estimate of drug-likeness (QED) is 0.446. The maximum Gasteiger partial charge on any atom is 0.416 e. The number of esters is 1. The summed E-state index contributed by atoms with van der Waals surface area (Å²) in [5, 5.41) is 0. The van der Waals surface area contributed by atoms with Crippen LogP contribution in [-0.4, -0.2) is 5.97 Å². The lowest BCUT2D eigenvalue weighted by molar-refractivity contribution is -0.137. The smallest absolute Gasteiger partial charge is 0.416 e. The van der Waals surface area contributed by atoms with E-state index in [0.29, 0.717) is 0 Å². The van der Waals surface area contributed by atoms with E-state index < -0.39 is 17.7 Å². The van der Waals surface area contributed by atoms with Crippen molar-refractivity contribution in [2.45, 2.75) is 32.4 Å². The maximum atomic E-state index is 12.3. The molecule has 1 aromatic rings. The van der Waals surface area contributed by atoms with Crippen molar-refractivity contribution in [3.05, 3.63) is 47.7 Å². The number of benzene rings is 1. The minimum absolute atomic E-state index is 0.0909. The lowest BCUT2D eigenvalue weighted by Gasteiger charge is -2.06. The minimum Gasteiger partial charge on any atom is -0.431 e. The van der Waals surface area contributed by atoms with E-state index >= 15 is 0 Å². The van der Waals surface area contributed by atoms with Gasteiger partial charge in [-0.05, 0) is 43.2 Å². The topological polar surface area (TPSA) is 26.3 Å². The molecule has 0 aromatic heterocycles. The van der Waals surface area contributed by atoms with Gasteiger partial charge in [-0.2, -0.15) is 13.2 Å². The third-order valence-electron chi connectivity index (χ3n) is 2.44. The monoisotopic (exact) mass is 272 g/mol. The Bertz CT molecular complexity index is 433. The van der Waals surface area contributed by atoms with Crippen molar-refractivity contribution in [1.82, 2.24) is 0 Å². The Hall–Kier alpha value is -1.78. The number of hydrogen-bond donors (Lipinski definition) is 0. The van der Waals surface area contributed by atoms with Gasteiger partial charge < -0.3 is 4.74 Å². The summed E-state index contributed by atoms with van der Waals surface area (Å²) in [6.07, 6.45) is 1.42. The SMILES string of the molecule is CCCC/C=C\OC(=O)c1ccc(C(F)(F)F)cc1. The molecule has 104 valence electrons. The zero-order valence-electron chi connectivity index (χ0n) is 10.5. The van der Waals surface area contributed by atoms with E-state index in [9.17, 15) is 18.0 Å². The fraction of sp³-hybridized carbons (Fsp3) is 0.357. The Balaban J connectivity index is 2.56. The molecule has 0 bridgehead atoms. The molecule has 2 nitrogen and oxygen atoms in total. The van der Waals surface area contributed by atoms with Gasteiger partial charge in [0.15, 0.2) is 0 Å². The van der Waals surface area contributed by atoms with Crippen LogP contribution >= 0.6 is 0 Å². The van der Waals surface area contributed by atoms with Crippen molar-refractivity contribution >= 4 is 5.97 Å². The normalized spacial score (nSPS) is 11.8. The average Bonchev–Trinajstić information content (AvgIpc) is 2.37. The highest BCUT2D eigenvalue weighted by atomic mass is 19.4. The van der Waals surface area contributed by atoms with Crippen molar-refractivity contribution < 1.29 is 22.7 Å². The molecular formula is C14H15F3O2. The zero-order chi connectivity index (χ0) is 14.3. The zero-order valence-corrected chi connectivity index (χ0v) is 10.5. The van der Waals surface area contributed by atoms with E-state index in [0.717, 1.165) is 43.5 Å². The molecule has 19 heavy (non-hydrogen) atoms. The molecule has 0 fully saturated rings. The van der Waals surface area contributed by atoms with Gasteiger partial charge in [-0.1, -0.05) is 13.3 Å². The van der Waals surface area contributed by atoms with Crippen LogP contribution in [0.4, 0.5) is 13.2 Å². The first-order valence-corrected chi connectivity index (χ1v) is 5.98. The van der Waals surface area contributed by atoms with E-state index in [2.05, 4.69) is 0 Å². The summed E-state index contributed by atoms with van der Waals surface area (Å²) in [5.74, 6) is -0.665. The van der Waals surface area contributed by atoms with Crippen LogP contribution in [-0.2, 0) is 10.9 Å². The summed E-state index contributed by atoms with van der Waals surface area (Å²) in [5.41, 5.74) is -0.698. The maximum absolute atomic E-state index is 12.3. The third kappa shape index (κ3) is 5.16. The Morgan fingerprint density at radius 3 is 2.42 bits per heavy atom. The van der Waals surface area contributed by atoms with Gasteiger partial charge >= 0.3 is 12.1 Å². The first-order chi connectivity index (χ1) is 8.95. The van der Waals surface area contributed by atoms with Crippen LogP contribution in [0.5, 0.6) is 0 Å². The number of ether oxygens (including phenoxy) is 1. The van der Waals surface area contributed by atoms with E-state index in [1.54, 1.807) is 6.08 Å². The second-order valence-corrected chi connectivity index (χ2v) is 3.99. The van der Waals surface area contributed by atoms with Crippen LogP contribution < -0.4 is 0 Å². The van der Waals surface area contributed by atoms with Crippen LogP contribution in [0.15, 0.2) is 36.6 Å². The van der Waals surface area contributed by atoms with Crippen molar-refractivity contribution in [2.24, 2.45) is 0 Å². The van der Waals surface area contributed by atoms with E-state index in [1.807, 2.05) is 6.92 Å². The summed E-state index contributed by atoms with van der Waals surface area (Å²) in [6, 6.07) is 3.92. The number of rotatable bonds is 5. The number of alkyl halides is 3. The number of unbranched alkanes of at least 4 members (excludes halogenated alkanes) is 2. The Labute approximate surface area is 109 Å². The van der Waals surface area contributed by atoms with E-state index in [1.165, 1.54) is 6.26 Å². The molecule has 0 aliphatic heterocycles. The first kappa shape index (κ1) is 15.3. The van der Waals surface area contributed by atoms with Gasteiger partial charge in [0.25, 0.3) is 0 Å². The van der Waals surface area contributed by atoms with Gasteiger partial charge in [0.05, 0.1) is 17.4 Å². The molecule has 0 amide bonds. The fourth-order valence-electron chi connectivity index (χ4n) is 1.36. The number of carbonyl (C=O) groups excluding carboxylic acids is 1. The molecule has 0 aliphatic rings. The molecule has 0 radical (unpaired) electrons. The lowest BCUT2D eigenvalue weighted by atomic mass is 10.1. The van der Waals surface area contributed by atoms with Crippen LogP contribution in [0.3, 0.4) is 0 Å². The summed E-state index contributed by atoms with van der Waals surface area (Å²) in [4.78, 5) is 11.5. The molecule has 0 heterocycles. The summed E-state index contributed by atoms with van der Waals surface area (Å²) < 4.78 is 41.7. The molecule has 0 N–H and O–H groups in total. The predicted octanol–water partition coefficient (Wildman–Crippen LogP) is 4.57. The second kappa shape index (κ2) is 6.97. The number of carbonyl (C=O) groups is 1. The molecule has 1 rings (SSSR count). The lowest BCUT2D eigenvalue weighted by Crippen LogP contribution is -2.06. The number of halogens is 3. The van der Waals surface area contributed by atoms with Crippen molar-refractivity contribution in [2.75, 3.05) is 0 Å². The first-order valence-electron chi connectivity index (χ1n) is 5.98. The van der Waals surface area contributed by atoms with Crippen LogP contribution in [0.1, 0.15) is 42.1 Å². The van der Waals surface area contributed by atoms with Gasteiger partial charge in [0.1, 0.15) is 0 Å². The average molecular weight is 272 g/mol. The second-order valence-electron chi connectivity index (χ2n) is 3.99. The van der Waals surface area contributed by atoms with Gasteiger partial charge in [-0.25, -0.2) is 4.79 Å². The molecule has 0 unspecified atom stereocenters. The molecular weight excluding hydrogens is 257 g/mol.